The fourth-order valence-corrected chi connectivity index (χ4v) is 3.60. The number of pyridine rings is 1. The Kier molecular flexibility index (Phi) is 3.77. The molecule has 0 saturated heterocycles. The summed E-state index contributed by atoms with van der Waals surface area (Å²) >= 11 is 1.11. The molecule has 8 nitrogen and oxygen atoms in total. The van der Waals surface area contributed by atoms with Gasteiger partial charge in [0, 0.05) is 22.9 Å². The third kappa shape index (κ3) is 2.64. The zero-order valence-electron chi connectivity index (χ0n) is 13.2. The fraction of sp³-hybridized carbons (Fsp3) is 0. The van der Waals surface area contributed by atoms with E-state index in [-0.39, 0.29) is 21.8 Å². The number of para-hydroxylation sites is 1. The van der Waals surface area contributed by atoms with Crippen LogP contribution in [-0.2, 0) is 0 Å². The van der Waals surface area contributed by atoms with Gasteiger partial charge in [0.05, 0.1) is 21.6 Å². The number of nitrogen functional groups attached to an aromatic ring is 1. The third-order valence-corrected chi connectivity index (χ3v) is 5.04. The van der Waals surface area contributed by atoms with Crippen LogP contribution in [0.1, 0.15) is 0 Å². The molecule has 9 heteroatoms. The highest BCUT2D eigenvalue weighted by Gasteiger charge is 2.16. The van der Waals surface area contributed by atoms with Crippen molar-refractivity contribution in [3.05, 3.63) is 69.3 Å². The van der Waals surface area contributed by atoms with Crippen LogP contribution in [0.4, 0.5) is 11.4 Å². The molecule has 3 N–H and O–H groups in total. The molecule has 0 aliphatic carbocycles. The minimum atomic E-state index is -0.505. The predicted molar refractivity (Wildman–Crippen MR) is 99.3 cm³/mol. The number of nitro groups is 1. The maximum Gasteiger partial charge on any atom is 0.270 e. The highest BCUT2D eigenvalue weighted by Crippen LogP contribution is 2.35. The summed E-state index contributed by atoms with van der Waals surface area (Å²) in [5.74, 6) is 0. The molecule has 4 rings (SSSR count). The number of nitrogens with zero attached hydrogens (tertiary/aromatic N) is 3. The van der Waals surface area contributed by atoms with Crippen molar-refractivity contribution in [2.24, 2.45) is 0 Å². The third-order valence-electron chi connectivity index (χ3n) is 3.91. The van der Waals surface area contributed by atoms with Gasteiger partial charge < -0.3 is 10.7 Å². The van der Waals surface area contributed by atoms with Crippen LogP contribution in [0.15, 0.2) is 63.5 Å². The maximum absolute atomic E-state index is 12.5. The lowest BCUT2D eigenvalue weighted by molar-refractivity contribution is -0.384. The first-order chi connectivity index (χ1) is 12.5. The van der Waals surface area contributed by atoms with Crippen LogP contribution in [0.3, 0.4) is 0 Å². The van der Waals surface area contributed by atoms with E-state index in [9.17, 15) is 14.9 Å². The quantitative estimate of drug-likeness (QED) is 0.324. The van der Waals surface area contributed by atoms with Crippen LogP contribution >= 0.6 is 11.8 Å². The Morgan fingerprint density at radius 2 is 1.92 bits per heavy atom. The Balaban J connectivity index is 1.90. The Bertz CT molecular complexity index is 1230. The van der Waals surface area contributed by atoms with Crippen LogP contribution < -0.4 is 11.3 Å². The molecule has 0 aliphatic heterocycles. The molecule has 0 aliphatic rings. The van der Waals surface area contributed by atoms with E-state index >= 15 is 0 Å². The Morgan fingerprint density at radius 3 is 2.73 bits per heavy atom. The minimum absolute atomic E-state index is 0.0975. The fourth-order valence-electron chi connectivity index (χ4n) is 2.66. The molecule has 2 heterocycles. The number of hydrogen-bond acceptors (Lipinski definition) is 7. The number of nitro benzene ring substituents is 1. The zero-order chi connectivity index (χ0) is 18.3. The van der Waals surface area contributed by atoms with Crippen LogP contribution in [0.5, 0.6) is 0 Å². The summed E-state index contributed by atoms with van der Waals surface area (Å²) in [5, 5.41) is 12.8. The van der Waals surface area contributed by atoms with Crippen molar-refractivity contribution in [3.8, 4) is 0 Å². The molecule has 2 aromatic carbocycles. The lowest BCUT2D eigenvalue weighted by Crippen LogP contribution is -2.12. The molecule has 0 atom stereocenters. The van der Waals surface area contributed by atoms with Gasteiger partial charge in [-0.15, -0.1) is 0 Å². The molecule has 2 aromatic heterocycles. The molecule has 0 saturated carbocycles. The monoisotopic (exact) mass is 365 g/mol. The standard InChI is InChI=1S/C17H11N5O3S/c18-14-11-7-9(22(24)25)5-6-13(11)21-16(23)15(14)26-17-10-3-1-2-4-12(10)19-8-20-17/h1-8H,(H3,18,21,23). The van der Waals surface area contributed by atoms with Gasteiger partial charge in [-0.05, 0) is 12.1 Å². The van der Waals surface area contributed by atoms with Crippen molar-refractivity contribution >= 4 is 44.9 Å². The maximum atomic E-state index is 12.5. The smallest absolute Gasteiger partial charge is 0.270 e. The molecular formula is C17H11N5O3S. The average Bonchev–Trinajstić information content (AvgIpc) is 2.65. The number of hydrogen-bond donors (Lipinski definition) is 2. The van der Waals surface area contributed by atoms with E-state index in [1.165, 1.54) is 24.5 Å². The summed E-state index contributed by atoms with van der Waals surface area (Å²) in [4.78, 5) is 34.4. The van der Waals surface area contributed by atoms with Crippen LogP contribution in [-0.4, -0.2) is 19.9 Å². The largest absolute Gasteiger partial charge is 0.397 e. The summed E-state index contributed by atoms with van der Waals surface area (Å²) < 4.78 is 0. The van der Waals surface area contributed by atoms with Gasteiger partial charge in [-0.2, -0.15) is 0 Å². The second-order valence-electron chi connectivity index (χ2n) is 5.48. The number of benzene rings is 2. The van der Waals surface area contributed by atoms with E-state index in [0.717, 1.165) is 22.7 Å². The topological polar surface area (TPSA) is 128 Å². The van der Waals surface area contributed by atoms with E-state index in [0.29, 0.717) is 15.9 Å². The van der Waals surface area contributed by atoms with Gasteiger partial charge in [0.15, 0.2) is 0 Å². The predicted octanol–water partition coefficient (Wildman–Crippen LogP) is 3.11. The summed E-state index contributed by atoms with van der Waals surface area (Å²) in [7, 11) is 0. The second kappa shape index (κ2) is 6.12. The molecule has 0 spiro atoms. The number of non-ortho nitro benzene ring substituents is 1. The minimum Gasteiger partial charge on any atom is -0.397 e. The first kappa shape index (κ1) is 16.0. The number of H-pyrrole nitrogens is 1. The van der Waals surface area contributed by atoms with Gasteiger partial charge in [-0.1, -0.05) is 30.0 Å². The summed E-state index contributed by atoms with van der Waals surface area (Å²) in [6, 6.07) is 11.6. The molecule has 0 unspecified atom stereocenters. The molecular weight excluding hydrogens is 354 g/mol. The summed E-state index contributed by atoms with van der Waals surface area (Å²) in [5.41, 5.74) is 7.07. The molecule has 0 bridgehead atoms. The number of aromatic nitrogens is 3. The van der Waals surface area contributed by atoms with Crippen molar-refractivity contribution in [3.63, 3.8) is 0 Å². The second-order valence-corrected chi connectivity index (χ2v) is 6.48. The molecule has 4 aromatic rings. The van der Waals surface area contributed by atoms with Crippen LogP contribution in [0, 0.1) is 10.1 Å². The number of nitrogens with one attached hydrogen (secondary N) is 1. The molecule has 0 fully saturated rings. The van der Waals surface area contributed by atoms with Crippen LogP contribution in [0.2, 0.25) is 0 Å². The van der Waals surface area contributed by atoms with E-state index in [1.54, 1.807) is 0 Å². The van der Waals surface area contributed by atoms with Crippen molar-refractivity contribution in [1.29, 1.82) is 0 Å². The lowest BCUT2D eigenvalue weighted by Gasteiger charge is -2.09. The van der Waals surface area contributed by atoms with E-state index in [2.05, 4.69) is 15.0 Å². The van der Waals surface area contributed by atoms with Gasteiger partial charge in [-0.25, -0.2) is 9.97 Å². The number of nitrogens with two attached hydrogens (primary N) is 1. The summed E-state index contributed by atoms with van der Waals surface area (Å²) in [6.07, 6.45) is 1.42. The number of anilines is 1. The molecule has 0 radical (unpaired) electrons. The molecule has 26 heavy (non-hydrogen) atoms. The Hall–Kier alpha value is -3.46. The lowest BCUT2D eigenvalue weighted by atomic mass is 10.1. The Morgan fingerprint density at radius 1 is 1.12 bits per heavy atom. The van der Waals surface area contributed by atoms with Crippen molar-refractivity contribution in [2.75, 3.05) is 5.73 Å². The van der Waals surface area contributed by atoms with Gasteiger partial charge in [-0.3, -0.25) is 14.9 Å². The van der Waals surface area contributed by atoms with Gasteiger partial charge in [0.2, 0.25) is 0 Å². The Labute approximate surface area is 150 Å². The van der Waals surface area contributed by atoms with Crippen molar-refractivity contribution in [2.45, 2.75) is 9.92 Å². The van der Waals surface area contributed by atoms with E-state index in [1.807, 2.05) is 24.3 Å². The van der Waals surface area contributed by atoms with Gasteiger partial charge >= 0.3 is 0 Å². The van der Waals surface area contributed by atoms with E-state index in [4.69, 9.17) is 5.73 Å². The first-order valence-electron chi connectivity index (χ1n) is 7.52. The highest BCUT2D eigenvalue weighted by molar-refractivity contribution is 7.99. The number of rotatable bonds is 3. The number of aromatic amines is 1. The van der Waals surface area contributed by atoms with Gasteiger partial charge in [0.25, 0.3) is 11.2 Å². The molecule has 128 valence electrons. The van der Waals surface area contributed by atoms with Crippen LogP contribution in [0.25, 0.3) is 21.8 Å². The first-order valence-corrected chi connectivity index (χ1v) is 8.34. The average molecular weight is 365 g/mol. The SMILES string of the molecule is Nc1c(Sc2ncnc3ccccc23)c(=O)[nH]c2ccc([N+](=O)[O-])cc12. The molecule has 0 amide bonds. The highest BCUT2D eigenvalue weighted by atomic mass is 32.2. The van der Waals surface area contributed by atoms with E-state index < -0.39 is 4.92 Å². The van der Waals surface area contributed by atoms with Gasteiger partial charge in [0.1, 0.15) is 16.2 Å². The zero-order valence-corrected chi connectivity index (χ0v) is 14.0. The normalized spacial score (nSPS) is 11.1. The van der Waals surface area contributed by atoms with Crippen molar-refractivity contribution in [1.82, 2.24) is 15.0 Å². The van der Waals surface area contributed by atoms with Crippen molar-refractivity contribution < 1.29 is 4.92 Å². The number of fused-ring (bicyclic) bond motifs is 2. The summed E-state index contributed by atoms with van der Waals surface area (Å²) in [6.45, 7) is 0.